The summed E-state index contributed by atoms with van der Waals surface area (Å²) in [5, 5.41) is 1.01. The van der Waals surface area contributed by atoms with Crippen LogP contribution in [-0.4, -0.2) is 26.0 Å². The molecule has 2 N–H and O–H groups in total. The van der Waals surface area contributed by atoms with E-state index in [-0.39, 0.29) is 23.8 Å². The van der Waals surface area contributed by atoms with Crippen molar-refractivity contribution < 1.29 is 28.5 Å². The Labute approximate surface area is 220 Å². The molecule has 10 heteroatoms. The Hall–Kier alpha value is -2.68. The number of halogens is 3. The van der Waals surface area contributed by atoms with E-state index in [9.17, 15) is 9.59 Å². The molecule has 0 fully saturated rings. The van der Waals surface area contributed by atoms with Crippen LogP contribution in [0.25, 0.3) is 0 Å². The van der Waals surface area contributed by atoms with Crippen molar-refractivity contribution in [2.45, 2.75) is 31.8 Å². The smallest absolute Gasteiger partial charge is 0.340 e. The van der Waals surface area contributed by atoms with Crippen LogP contribution < -0.4 is 15.2 Å². The predicted octanol–water partition coefficient (Wildman–Crippen LogP) is 5.81. The molecule has 0 saturated carbocycles. The Bertz CT molecular complexity index is 1270. The molecule has 1 atom stereocenters. The highest BCUT2D eigenvalue weighted by atomic mass is 79.9. The Balaban J connectivity index is 1.77. The van der Waals surface area contributed by atoms with Gasteiger partial charge in [-0.15, -0.1) is 0 Å². The van der Waals surface area contributed by atoms with E-state index >= 15 is 0 Å². The third-order valence-corrected chi connectivity index (χ3v) is 7.16. The largest absolute Gasteiger partial charge is 0.493 e. The van der Waals surface area contributed by atoms with E-state index in [0.29, 0.717) is 62.2 Å². The number of hydrogen-bond donors (Lipinski definition) is 1. The van der Waals surface area contributed by atoms with Crippen molar-refractivity contribution in [1.29, 1.82) is 0 Å². The Morgan fingerprint density at radius 1 is 1.17 bits per heavy atom. The van der Waals surface area contributed by atoms with E-state index in [4.69, 9.17) is 47.9 Å². The van der Waals surface area contributed by atoms with Crippen LogP contribution in [0, 0.1) is 0 Å². The van der Waals surface area contributed by atoms with Crippen LogP contribution in [0.5, 0.6) is 11.5 Å². The minimum absolute atomic E-state index is 0.0610. The third kappa shape index (κ3) is 5.01. The van der Waals surface area contributed by atoms with Gasteiger partial charge in [-0.3, -0.25) is 4.79 Å². The van der Waals surface area contributed by atoms with Crippen LogP contribution in [-0.2, 0) is 25.7 Å². The molecule has 0 aromatic heterocycles. The number of Topliss-reactive ketones (excluding diaryl/α,β-unsaturated/α-hetero) is 1. The maximum Gasteiger partial charge on any atom is 0.340 e. The highest BCUT2D eigenvalue weighted by molar-refractivity contribution is 9.10. The molecular formula is C25H22BrCl2NO6. The maximum absolute atomic E-state index is 13.0. The molecule has 2 aromatic rings. The van der Waals surface area contributed by atoms with Gasteiger partial charge in [0.25, 0.3) is 0 Å². The molecule has 0 saturated heterocycles. The molecule has 4 rings (SSSR count). The van der Waals surface area contributed by atoms with Gasteiger partial charge < -0.3 is 24.7 Å². The minimum atomic E-state index is -0.790. The number of hydrogen-bond acceptors (Lipinski definition) is 7. The first-order chi connectivity index (χ1) is 16.7. The minimum Gasteiger partial charge on any atom is -0.493 e. The second-order valence-electron chi connectivity index (χ2n) is 7.97. The number of ketones is 1. The zero-order chi connectivity index (χ0) is 25.3. The SMILES string of the molecule is COC(=O)C1=C(N)OC2=C(C(=O)CCC2)[C@H]1c1cc(OC)c(OCc2ccc(Cl)cc2Cl)cc1Br. The fraction of sp³-hybridized carbons (Fsp3) is 0.280. The van der Waals surface area contributed by atoms with Gasteiger partial charge in [-0.2, -0.15) is 0 Å². The normalized spacial score (nSPS) is 17.6. The Kier molecular flexibility index (Phi) is 7.64. The molecule has 1 aliphatic heterocycles. The first-order valence-electron chi connectivity index (χ1n) is 10.7. The van der Waals surface area contributed by atoms with Crippen molar-refractivity contribution in [2.75, 3.05) is 14.2 Å². The van der Waals surface area contributed by atoms with E-state index < -0.39 is 11.9 Å². The predicted molar refractivity (Wildman–Crippen MR) is 134 cm³/mol. The lowest BCUT2D eigenvalue weighted by molar-refractivity contribution is -0.136. The van der Waals surface area contributed by atoms with Crippen molar-refractivity contribution >= 4 is 50.9 Å². The van der Waals surface area contributed by atoms with Crippen LogP contribution in [0.2, 0.25) is 10.0 Å². The van der Waals surface area contributed by atoms with E-state index in [1.807, 2.05) is 0 Å². The molecule has 0 bridgehead atoms. The average Bonchev–Trinajstić information content (AvgIpc) is 2.82. The molecule has 2 aromatic carbocycles. The standard InChI is InChI=1S/C25H22BrCl2NO6/c1-32-19-9-14(15(26)10-20(19)34-11-12-6-7-13(27)8-16(12)28)21-22-17(30)4-3-5-18(22)35-24(29)23(21)25(31)33-2/h6-10,21H,3-5,11,29H2,1-2H3/t21-/m1/s1. The number of carbonyl (C=O) groups is 2. The molecular weight excluding hydrogens is 561 g/mol. The molecule has 0 unspecified atom stereocenters. The number of esters is 1. The van der Waals surface area contributed by atoms with E-state index in [1.165, 1.54) is 14.2 Å². The maximum atomic E-state index is 13.0. The van der Waals surface area contributed by atoms with Gasteiger partial charge in [0.05, 0.1) is 20.1 Å². The lowest BCUT2D eigenvalue weighted by Crippen LogP contribution is -2.31. The van der Waals surface area contributed by atoms with Crippen LogP contribution >= 0.6 is 39.1 Å². The van der Waals surface area contributed by atoms with Gasteiger partial charge in [0, 0.05) is 38.5 Å². The molecule has 2 aliphatic rings. The molecule has 0 radical (unpaired) electrons. The highest BCUT2D eigenvalue weighted by Crippen LogP contribution is 2.48. The summed E-state index contributed by atoms with van der Waals surface area (Å²) in [5.41, 5.74) is 7.94. The van der Waals surface area contributed by atoms with Crippen LogP contribution in [0.4, 0.5) is 0 Å². The summed E-state index contributed by atoms with van der Waals surface area (Å²) in [6.07, 6.45) is 1.55. The molecule has 7 nitrogen and oxygen atoms in total. The number of nitrogens with two attached hydrogens (primary N) is 1. The molecule has 1 heterocycles. The van der Waals surface area contributed by atoms with Crippen molar-refractivity contribution in [3.8, 4) is 11.5 Å². The Morgan fingerprint density at radius 2 is 1.94 bits per heavy atom. The number of allylic oxidation sites excluding steroid dienone is 2. The number of carbonyl (C=O) groups excluding carboxylic acids is 2. The van der Waals surface area contributed by atoms with Crippen molar-refractivity contribution in [3.63, 3.8) is 0 Å². The summed E-state index contributed by atoms with van der Waals surface area (Å²) in [6.45, 7) is 0.170. The van der Waals surface area contributed by atoms with Gasteiger partial charge in [-0.05, 0) is 36.2 Å². The summed E-state index contributed by atoms with van der Waals surface area (Å²) >= 11 is 15.8. The topological polar surface area (TPSA) is 97.1 Å². The van der Waals surface area contributed by atoms with Crippen molar-refractivity contribution in [3.05, 3.63) is 78.8 Å². The molecule has 0 amide bonds. The number of methoxy groups -OCH3 is 2. The number of rotatable bonds is 6. The quantitative estimate of drug-likeness (QED) is 0.429. The van der Waals surface area contributed by atoms with Crippen molar-refractivity contribution in [1.82, 2.24) is 0 Å². The molecule has 35 heavy (non-hydrogen) atoms. The second-order valence-corrected chi connectivity index (χ2v) is 9.67. The molecule has 184 valence electrons. The summed E-state index contributed by atoms with van der Waals surface area (Å²) < 4.78 is 22.8. The van der Waals surface area contributed by atoms with Crippen LogP contribution in [0.15, 0.2) is 57.6 Å². The summed E-state index contributed by atoms with van der Waals surface area (Å²) in [5.74, 6) is -0.356. The van der Waals surface area contributed by atoms with Crippen LogP contribution in [0.1, 0.15) is 36.3 Å². The van der Waals surface area contributed by atoms with Gasteiger partial charge >= 0.3 is 5.97 Å². The highest BCUT2D eigenvalue weighted by Gasteiger charge is 2.42. The third-order valence-electron chi connectivity index (χ3n) is 5.88. The second kappa shape index (κ2) is 10.5. The van der Waals surface area contributed by atoms with Gasteiger partial charge in [0.1, 0.15) is 17.9 Å². The van der Waals surface area contributed by atoms with Gasteiger partial charge in [0.2, 0.25) is 5.88 Å². The van der Waals surface area contributed by atoms with E-state index in [0.717, 1.165) is 5.56 Å². The Morgan fingerprint density at radius 3 is 2.63 bits per heavy atom. The van der Waals surface area contributed by atoms with Gasteiger partial charge in [0.15, 0.2) is 17.3 Å². The summed E-state index contributed by atoms with van der Waals surface area (Å²) in [6, 6.07) is 8.57. The van der Waals surface area contributed by atoms with Gasteiger partial charge in [-0.25, -0.2) is 4.79 Å². The fourth-order valence-electron chi connectivity index (χ4n) is 4.21. The number of benzene rings is 2. The van der Waals surface area contributed by atoms with Crippen molar-refractivity contribution in [2.24, 2.45) is 5.73 Å². The zero-order valence-electron chi connectivity index (χ0n) is 19.0. The lowest BCUT2D eigenvalue weighted by atomic mass is 9.77. The van der Waals surface area contributed by atoms with Crippen LogP contribution in [0.3, 0.4) is 0 Å². The molecule has 0 spiro atoms. The summed E-state index contributed by atoms with van der Waals surface area (Å²) in [4.78, 5) is 25.7. The monoisotopic (exact) mass is 581 g/mol. The van der Waals surface area contributed by atoms with E-state index in [1.54, 1.807) is 30.3 Å². The first-order valence-corrected chi connectivity index (χ1v) is 12.3. The first kappa shape index (κ1) is 25.4. The summed E-state index contributed by atoms with van der Waals surface area (Å²) in [7, 11) is 2.75. The fourth-order valence-corrected chi connectivity index (χ4v) is 5.23. The van der Waals surface area contributed by atoms with Gasteiger partial charge in [-0.1, -0.05) is 45.2 Å². The average molecular weight is 583 g/mol. The zero-order valence-corrected chi connectivity index (χ0v) is 22.1. The van der Waals surface area contributed by atoms with E-state index in [2.05, 4.69) is 15.9 Å². The lowest BCUT2D eigenvalue weighted by Gasteiger charge is -2.33. The molecule has 1 aliphatic carbocycles. The number of ether oxygens (including phenoxy) is 4.